The number of carbonyl (C=O) groups excluding carboxylic acids is 1. The molecule has 100 valence electrons. The van der Waals surface area contributed by atoms with Gasteiger partial charge in [0, 0.05) is 18.0 Å². The van der Waals surface area contributed by atoms with E-state index >= 15 is 0 Å². The van der Waals surface area contributed by atoms with Gasteiger partial charge in [-0.15, -0.1) is 0 Å². The molecule has 1 aromatic heterocycles. The van der Waals surface area contributed by atoms with Gasteiger partial charge < -0.3 is 9.47 Å². The lowest BCUT2D eigenvalue weighted by atomic mass is 10.1. The highest BCUT2D eigenvalue weighted by atomic mass is 16.6. The van der Waals surface area contributed by atoms with E-state index in [-0.39, 0.29) is 5.78 Å². The Balaban J connectivity index is 1.77. The zero-order valence-corrected chi connectivity index (χ0v) is 10.8. The fourth-order valence-corrected chi connectivity index (χ4v) is 1.94. The highest BCUT2D eigenvalue weighted by molar-refractivity contribution is 6.06. The molecule has 1 aromatic carbocycles. The zero-order chi connectivity index (χ0) is 13.8. The SMILES string of the molecule is O=C(/C=C/c1ccc2c(c1)OCCO2)c1cccnc1. The smallest absolute Gasteiger partial charge is 0.187 e. The molecule has 1 aliphatic rings. The lowest BCUT2D eigenvalue weighted by molar-refractivity contribution is 0.104. The summed E-state index contributed by atoms with van der Waals surface area (Å²) in [6, 6.07) is 9.08. The number of allylic oxidation sites excluding steroid dienone is 1. The molecule has 0 unspecified atom stereocenters. The van der Waals surface area contributed by atoms with E-state index in [9.17, 15) is 4.79 Å². The minimum atomic E-state index is -0.0759. The molecule has 20 heavy (non-hydrogen) atoms. The lowest BCUT2D eigenvalue weighted by Crippen LogP contribution is -2.15. The van der Waals surface area contributed by atoms with Gasteiger partial charge in [-0.25, -0.2) is 0 Å². The van der Waals surface area contributed by atoms with Crippen molar-refractivity contribution in [1.82, 2.24) is 4.98 Å². The monoisotopic (exact) mass is 267 g/mol. The molecule has 4 nitrogen and oxygen atoms in total. The standard InChI is InChI=1S/C16H13NO3/c18-14(13-2-1-7-17-11-13)5-3-12-4-6-15-16(10-12)20-9-8-19-15/h1-7,10-11H,8-9H2/b5-3+. The third-order valence-corrected chi connectivity index (χ3v) is 2.94. The average Bonchev–Trinajstić information content (AvgIpc) is 2.53. The van der Waals surface area contributed by atoms with E-state index in [0.717, 1.165) is 11.3 Å². The Morgan fingerprint density at radius 2 is 2.00 bits per heavy atom. The van der Waals surface area contributed by atoms with E-state index in [1.54, 1.807) is 30.6 Å². The summed E-state index contributed by atoms with van der Waals surface area (Å²) >= 11 is 0. The van der Waals surface area contributed by atoms with E-state index in [2.05, 4.69) is 4.98 Å². The van der Waals surface area contributed by atoms with Crippen LogP contribution in [0.5, 0.6) is 11.5 Å². The van der Waals surface area contributed by atoms with Gasteiger partial charge in [0.15, 0.2) is 17.3 Å². The fraction of sp³-hybridized carbons (Fsp3) is 0.125. The van der Waals surface area contributed by atoms with Crippen LogP contribution in [0, 0.1) is 0 Å². The highest BCUT2D eigenvalue weighted by Gasteiger charge is 2.10. The predicted molar refractivity (Wildman–Crippen MR) is 75.0 cm³/mol. The van der Waals surface area contributed by atoms with Crippen molar-refractivity contribution in [2.24, 2.45) is 0 Å². The van der Waals surface area contributed by atoms with Crippen LogP contribution in [-0.4, -0.2) is 24.0 Å². The van der Waals surface area contributed by atoms with Crippen LogP contribution in [0.2, 0.25) is 0 Å². The quantitative estimate of drug-likeness (QED) is 0.633. The maximum absolute atomic E-state index is 11.9. The first kappa shape index (κ1) is 12.4. The maximum Gasteiger partial charge on any atom is 0.187 e. The van der Waals surface area contributed by atoms with Gasteiger partial charge in [-0.05, 0) is 35.9 Å². The van der Waals surface area contributed by atoms with Crippen LogP contribution in [0.25, 0.3) is 6.08 Å². The van der Waals surface area contributed by atoms with Crippen molar-refractivity contribution in [3.05, 3.63) is 59.9 Å². The molecule has 0 amide bonds. The predicted octanol–water partition coefficient (Wildman–Crippen LogP) is 2.75. The van der Waals surface area contributed by atoms with Gasteiger partial charge in [0.05, 0.1) is 0 Å². The van der Waals surface area contributed by atoms with Crippen LogP contribution in [0.15, 0.2) is 48.8 Å². The molecular formula is C16H13NO3. The summed E-state index contributed by atoms with van der Waals surface area (Å²) in [6.07, 6.45) is 6.48. The molecule has 2 aromatic rings. The summed E-state index contributed by atoms with van der Waals surface area (Å²) in [6.45, 7) is 1.12. The van der Waals surface area contributed by atoms with Crippen molar-refractivity contribution >= 4 is 11.9 Å². The van der Waals surface area contributed by atoms with Gasteiger partial charge in [0.2, 0.25) is 0 Å². The second kappa shape index (κ2) is 5.57. The molecule has 0 bridgehead atoms. The molecule has 3 rings (SSSR count). The number of nitrogens with zero attached hydrogens (tertiary/aromatic N) is 1. The number of pyridine rings is 1. The van der Waals surface area contributed by atoms with Crippen LogP contribution < -0.4 is 9.47 Å². The van der Waals surface area contributed by atoms with E-state index in [4.69, 9.17) is 9.47 Å². The molecule has 2 heterocycles. The molecule has 4 heteroatoms. The van der Waals surface area contributed by atoms with E-state index in [1.807, 2.05) is 18.2 Å². The normalized spacial score (nSPS) is 13.4. The van der Waals surface area contributed by atoms with Crippen molar-refractivity contribution in [3.63, 3.8) is 0 Å². The minimum absolute atomic E-state index is 0.0759. The number of aromatic nitrogens is 1. The summed E-state index contributed by atoms with van der Waals surface area (Å²) in [5.74, 6) is 1.38. The van der Waals surface area contributed by atoms with Gasteiger partial charge in [-0.3, -0.25) is 9.78 Å². The van der Waals surface area contributed by atoms with Crippen LogP contribution in [0.1, 0.15) is 15.9 Å². The van der Waals surface area contributed by atoms with Gasteiger partial charge in [0.25, 0.3) is 0 Å². The van der Waals surface area contributed by atoms with E-state index in [0.29, 0.717) is 24.5 Å². The Morgan fingerprint density at radius 1 is 1.15 bits per heavy atom. The lowest BCUT2D eigenvalue weighted by Gasteiger charge is -2.18. The molecule has 0 radical (unpaired) electrons. The summed E-state index contributed by atoms with van der Waals surface area (Å²) in [4.78, 5) is 15.9. The Bertz CT molecular complexity index is 650. The van der Waals surface area contributed by atoms with Crippen molar-refractivity contribution in [2.45, 2.75) is 0 Å². The van der Waals surface area contributed by atoms with E-state index in [1.165, 1.54) is 6.08 Å². The number of ether oxygens (including phenoxy) is 2. The number of benzene rings is 1. The van der Waals surface area contributed by atoms with Crippen LogP contribution in [0.3, 0.4) is 0 Å². The van der Waals surface area contributed by atoms with Crippen molar-refractivity contribution in [1.29, 1.82) is 0 Å². The summed E-state index contributed by atoms with van der Waals surface area (Å²) in [5, 5.41) is 0. The highest BCUT2D eigenvalue weighted by Crippen LogP contribution is 2.31. The molecule has 0 aliphatic carbocycles. The summed E-state index contributed by atoms with van der Waals surface area (Å²) in [5.41, 5.74) is 1.47. The number of rotatable bonds is 3. The largest absolute Gasteiger partial charge is 0.486 e. The van der Waals surface area contributed by atoms with Crippen LogP contribution >= 0.6 is 0 Å². The van der Waals surface area contributed by atoms with Crippen molar-refractivity contribution in [2.75, 3.05) is 13.2 Å². The number of hydrogen-bond donors (Lipinski definition) is 0. The first-order valence-electron chi connectivity index (χ1n) is 6.35. The second-order valence-corrected chi connectivity index (χ2v) is 4.34. The number of fused-ring (bicyclic) bond motifs is 1. The van der Waals surface area contributed by atoms with Gasteiger partial charge >= 0.3 is 0 Å². The molecule has 0 saturated carbocycles. The van der Waals surface area contributed by atoms with Crippen molar-refractivity contribution < 1.29 is 14.3 Å². The Hall–Kier alpha value is -2.62. The fourth-order valence-electron chi connectivity index (χ4n) is 1.94. The molecule has 0 fully saturated rings. The Kier molecular flexibility index (Phi) is 3.46. The second-order valence-electron chi connectivity index (χ2n) is 4.34. The maximum atomic E-state index is 11.9. The van der Waals surface area contributed by atoms with Crippen molar-refractivity contribution in [3.8, 4) is 11.5 Å². The Morgan fingerprint density at radius 3 is 2.80 bits per heavy atom. The third-order valence-electron chi connectivity index (χ3n) is 2.94. The molecule has 0 spiro atoms. The first-order valence-corrected chi connectivity index (χ1v) is 6.35. The molecular weight excluding hydrogens is 254 g/mol. The Labute approximate surface area is 116 Å². The minimum Gasteiger partial charge on any atom is -0.486 e. The van der Waals surface area contributed by atoms with E-state index < -0.39 is 0 Å². The zero-order valence-electron chi connectivity index (χ0n) is 10.8. The third kappa shape index (κ3) is 2.69. The van der Waals surface area contributed by atoms with Crippen LogP contribution in [-0.2, 0) is 0 Å². The van der Waals surface area contributed by atoms with Gasteiger partial charge in [0.1, 0.15) is 13.2 Å². The summed E-state index contributed by atoms with van der Waals surface area (Å²) < 4.78 is 11.0. The van der Waals surface area contributed by atoms with Gasteiger partial charge in [-0.2, -0.15) is 0 Å². The van der Waals surface area contributed by atoms with Crippen LogP contribution in [0.4, 0.5) is 0 Å². The molecule has 0 N–H and O–H groups in total. The first-order chi connectivity index (χ1) is 9.83. The van der Waals surface area contributed by atoms with Gasteiger partial charge in [-0.1, -0.05) is 12.1 Å². The number of hydrogen-bond acceptors (Lipinski definition) is 4. The topological polar surface area (TPSA) is 48.4 Å². The molecule has 0 atom stereocenters. The molecule has 1 aliphatic heterocycles. The summed E-state index contributed by atoms with van der Waals surface area (Å²) in [7, 11) is 0. The number of ketones is 1. The number of carbonyl (C=O) groups is 1. The average molecular weight is 267 g/mol. The molecule has 0 saturated heterocycles.